The standard InChI is InChI=1S/C13H26N2O3S/c1-10(12(2,3)4)15-11(16)14-8-13(6-7-13)9-19(5,17)18/h10H,6-9H2,1-5H3,(H2,14,15,16)/t10-/m1/s1. The van der Waals surface area contributed by atoms with Gasteiger partial charge >= 0.3 is 6.03 Å². The Bertz CT molecular complexity index is 433. The molecule has 1 saturated carbocycles. The van der Waals surface area contributed by atoms with Crippen molar-refractivity contribution >= 4 is 15.9 Å². The minimum Gasteiger partial charge on any atom is -0.338 e. The summed E-state index contributed by atoms with van der Waals surface area (Å²) in [7, 11) is -2.99. The van der Waals surface area contributed by atoms with Gasteiger partial charge in [-0.3, -0.25) is 0 Å². The molecule has 2 amide bonds. The van der Waals surface area contributed by atoms with Gasteiger partial charge in [-0.05, 0) is 25.2 Å². The van der Waals surface area contributed by atoms with Crippen LogP contribution in [0.25, 0.3) is 0 Å². The summed E-state index contributed by atoms with van der Waals surface area (Å²) < 4.78 is 22.6. The molecule has 0 spiro atoms. The summed E-state index contributed by atoms with van der Waals surface area (Å²) >= 11 is 0. The number of urea groups is 1. The van der Waals surface area contributed by atoms with Gasteiger partial charge in [0.15, 0.2) is 0 Å². The van der Waals surface area contributed by atoms with Gasteiger partial charge in [-0.1, -0.05) is 20.8 Å². The number of sulfone groups is 1. The number of amides is 2. The molecule has 1 fully saturated rings. The lowest BCUT2D eigenvalue weighted by Crippen LogP contribution is -2.48. The minimum absolute atomic E-state index is 0.00135. The molecule has 0 radical (unpaired) electrons. The van der Waals surface area contributed by atoms with E-state index in [1.54, 1.807) is 0 Å². The van der Waals surface area contributed by atoms with E-state index in [4.69, 9.17) is 0 Å². The van der Waals surface area contributed by atoms with Gasteiger partial charge in [0.25, 0.3) is 0 Å². The lowest BCUT2D eigenvalue weighted by atomic mass is 9.88. The van der Waals surface area contributed by atoms with E-state index in [-0.39, 0.29) is 28.7 Å². The first-order valence-electron chi connectivity index (χ1n) is 6.66. The summed E-state index contributed by atoms with van der Waals surface area (Å²) in [6.45, 7) is 8.57. The van der Waals surface area contributed by atoms with Crippen LogP contribution < -0.4 is 10.6 Å². The molecule has 1 atom stereocenters. The Morgan fingerprint density at radius 1 is 1.32 bits per heavy atom. The first-order chi connectivity index (χ1) is 8.44. The highest BCUT2D eigenvalue weighted by Gasteiger charge is 2.45. The van der Waals surface area contributed by atoms with E-state index in [1.807, 2.05) is 6.92 Å². The molecule has 0 aromatic heterocycles. The molecule has 0 aromatic carbocycles. The maximum absolute atomic E-state index is 11.8. The number of carbonyl (C=O) groups excluding carboxylic acids is 1. The Labute approximate surface area is 116 Å². The van der Waals surface area contributed by atoms with E-state index in [0.717, 1.165) is 12.8 Å². The quantitative estimate of drug-likeness (QED) is 0.806. The Hall–Kier alpha value is -0.780. The van der Waals surface area contributed by atoms with E-state index in [2.05, 4.69) is 31.4 Å². The molecule has 5 nitrogen and oxygen atoms in total. The highest BCUT2D eigenvalue weighted by Crippen LogP contribution is 2.45. The van der Waals surface area contributed by atoms with Crippen molar-refractivity contribution in [3.05, 3.63) is 0 Å². The van der Waals surface area contributed by atoms with E-state index in [1.165, 1.54) is 6.26 Å². The summed E-state index contributed by atoms with van der Waals surface area (Å²) in [6.07, 6.45) is 2.99. The van der Waals surface area contributed by atoms with Gasteiger partial charge in [-0.15, -0.1) is 0 Å². The van der Waals surface area contributed by atoms with Crippen molar-refractivity contribution in [2.24, 2.45) is 10.8 Å². The van der Waals surface area contributed by atoms with Crippen molar-refractivity contribution in [3.63, 3.8) is 0 Å². The highest BCUT2D eigenvalue weighted by molar-refractivity contribution is 7.90. The van der Waals surface area contributed by atoms with Crippen molar-refractivity contribution in [3.8, 4) is 0 Å². The second-order valence-corrected chi connectivity index (χ2v) is 9.12. The fraction of sp³-hybridized carbons (Fsp3) is 0.923. The van der Waals surface area contributed by atoms with Gasteiger partial charge in [-0.2, -0.15) is 0 Å². The summed E-state index contributed by atoms with van der Waals surface area (Å²) in [5.74, 6) is 0.162. The maximum Gasteiger partial charge on any atom is 0.315 e. The first kappa shape index (κ1) is 16.3. The van der Waals surface area contributed by atoms with Crippen LogP contribution >= 0.6 is 0 Å². The van der Waals surface area contributed by atoms with Crippen molar-refractivity contribution in [2.45, 2.75) is 46.6 Å². The second-order valence-electron chi connectivity index (χ2n) is 6.98. The molecular weight excluding hydrogens is 264 g/mol. The van der Waals surface area contributed by atoms with E-state index in [0.29, 0.717) is 6.54 Å². The first-order valence-corrected chi connectivity index (χ1v) is 8.72. The molecular formula is C13H26N2O3S. The maximum atomic E-state index is 11.8. The zero-order valence-corrected chi connectivity index (χ0v) is 13.4. The van der Waals surface area contributed by atoms with Crippen LogP contribution in [0.4, 0.5) is 4.79 Å². The predicted octanol–water partition coefficient (Wildman–Crippen LogP) is 1.54. The Balaban J connectivity index is 2.39. The van der Waals surface area contributed by atoms with Gasteiger partial charge < -0.3 is 10.6 Å². The van der Waals surface area contributed by atoms with Crippen LogP contribution in [0.15, 0.2) is 0 Å². The van der Waals surface area contributed by atoms with Crippen molar-refractivity contribution < 1.29 is 13.2 Å². The van der Waals surface area contributed by atoms with Crippen LogP contribution in [-0.4, -0.2) is 39.0 Å². The normalized spacial score (nSPS) is 19.6. The minimum atomic E-state index is -2.99. The lowest BCUT2D eigenvalue weighted by Gasteiger charge is -2.28. The summed E-state index contributed by atoms with van der Waals surface area (Å²) in [6, 6.07) is -0.167. The molecule has 2 N–H and O–H groups in total. The molecule has 0 aromatic rings. The summed E-state index contributed by atoms with van der Waals surface area (Å²) in [4.78, 5) is 11.8. The SMILES string of the molecule is C[C@@H](NC(=O)NCC1(CS(C)(=O)=O)CC1)C(C)(C)C. The predicted molar refractivity (Wildman–Crippen MR) is 76.8 cm³/mol. The molecule has 6 heteroatoms. The molecule has 0 unspecified atom stereocenters. The van der Waals surface area contributed by atoms with Gasteiger partial charge in [0.05, 0.1) is 5.75 Å². The molecule has 19 heavy (non-hydrogen) atoms. The number of nitrogens with one attached hydrogen (secondary N) is 2. The number of hydrogen-bond acceptors (Lipinski definition) is 3. The zero-order chi connectivity index (χ0) is 14.9. The third-order valence-electron chi connectivity index (χ3n) is 3.80. The Morgan fingerprint density at radius 2 is 1.84 bits per heavy atom. The highest BCUT2D eigenvalue weighted by atomic mass is 32.2. The number of hydrogen-bond donors (Lipinski definition) is 2. The molecule has 1 aliphatic rings. The van der Waals surface area contributed by atoms with Gasteiger partial charge in [0.2, 0.25) is 0 Å². The fourth-order valence-electron chi connectivity index (χ4n) is 1.84. The van der Waals surface area contributed by atoms with Crippen LogP contribution in [0.1, 0.15) is 40.5 Å². The average Bonchev–Trinajstić information content (AvgIpc) is 2.91. The molecule has 0 heterocycles. The number of carbonyl (C=O) groups is 1. The zero-order valence-electron chi connectivity index (χ0n) is 12.5. The smallest absolute Gasteiger partial charge is 0.315 e. The second kappa shape index (κ2) is 5.31. The van der Waals surface area contributed by atoms with Crippen molar-refractivity contribution in [2.75, 3.05) is 18.6 Å². The van der Waals surface area contributed by atoms with Crippen LogP contribution in [0.5, 0.6) is 0 Å². The summed E-state index contributed by atoms with van der Waals surface area (Å²) in [5, 5.41) is 5.68. The van der Waals surface area contributed by atoms with Crippen LogP contribution in [0.2, 0.25) is 0 Å². The Morgan fingerprint density at radius 3 is 2.21 bits per heavy atom. The fourth-order valence-corrected chi connectivity index (χ4v) is 3.34. The molecule has 112 valence electrons. The Kier molecular flexibility index (Phi) is 4.55. The number of rotatable bonds is 5. The van der Waals surface area contributed by atoms with Gasteiger partial charge in [0.1, 0.15) is 9.84 Å². The molecule has 1 aliphatic carbocycles. The van der Waals surface area contributed by atoms with Gasteiger partial charge in [0, 0.05) is 24.3 Å². The van der Waals surface area contributed by atoms with Crippen LogP contribution in [0.3, 0.4) is 0 Å². The van der Waals surface area contributed by atoms with Crippen LogP contribution in [0, 0.1) is 10.8 Å². The van der Waals surface area contributed by atoms with Crippen molar-refractivity contribution in [1.29, 1.82) is 0 Å². The van der Waals surface area contributed by atoms with E-state index >= 15 is 0 Å². The third-order valence-corrected chi connectivity index (χ3v) is 4.93. The van der Waals surface area contributed by atoms with E-state index in [9.17, 15) is 13.2 Å². The van der Waals surface area contributed by atoms with E-state index < -0.39 is 9.84 Å². The van der Waals surface area contributed by atoms with Crippen molar-refractivity contribution in [1.82, 2.24) is 10.6 Å². The third kappa shape index (κ3) is 5.80. The molecule has 0 bridgehead atoms. The lowest BCUT2D eigenvalue weighted by molar-refractivity contribution is 0.220. The van der Waals surface area contributed by atoms with Crippen LogP contribution in [-0.2, 0) is 9.84 Å². The molecule has 0 aliphatic heterocycles. The largest absolute Gasteiger partial charge is 0.338 e. The van der Waals surface area contributed by atoms with Gasteiger partial charge in [-0.25, -0.2) is 13.2 Å². The molecule has 1 rings (SSSR count). The topological polar surface area (TPSA) is 75.3 Å². The average molecular weight is 290 g/mol. The monoisotopic (exact) mass is 290 g/mol. The molecule has 0 saturated heterocycles. The summed E-state index contributed by atoms with van der Waals surface area (Å²) in [5.41, 5.74) is -0.225.